The molecule has 0 aliphatic rings. The highest BCUT2D eigenvalue weighted by molar-refractivity contribution is 5.78. The second kappa shape index (κ2) is 10.5. The van der Waals surface area contributed by atoms with Crippen LogP contribution in [0.1, 0.15) is 45.4 Å². The van der Waals surface area contributed by atoms with Crippen LogP contribution < -0.4 is 0 Å². The third kappa shape index (κ3) is 5.43. The summed E-state index contributed by atoms with van der Waals surface area (Å²) in [6.45, 7) is 3.12. The lowest BCUT2D eigenvalue weighted by atomic mass is 10.0. The normalized spacial score (nSPS) is 11.3. The van der Waals surface area contributed by atoms with E-state index in [2.05, 4.69) is 84.3 Å². The zero-order valence-corrected chi connectivity index (χ0v) is 16.3. The van der Waals surface area contributed by atoms with Gasteiger partial charge in [0.05, 0.1) is 17.7 Å². The number of hydrogen-bond donors (Lipinski definition) is 0. The Morgan fingerprint density at radius 3 is 2.11 bits per heavy atom. The van der Waals surface area contributed by atoms with Crippen LogP contribution in [0.3, 0.4) is 0 Å². The van der Waals surface area contributed by atoms with E-state index >= 15 is 0 Å². The molecule has 0 amide bonds. The van der Waals surface area contributed by atoms with Gasteiger partial charge in [0.1, 0.15) is 0 Å². The first kappa shape index (κ1) is 19.2. The van der Waals surface area contributed by atoms with Crippen molar-refractivity contribution in [1.82, 2.24) is 9.55 Å². The van der Waals surface area contributed by atoms with Crippen LogP contribution in [0.4, 0.5) is 0 Å². The van der Waals surface area contributed by atoms with Gasteiger partial charge in [-0.3, -0.25) is 0 Å². The lowest BCUT2D eigenvalue weighted by Crippen LogP contribution is -1.99. The number of benzene rings is 2. The standard InChI is InChI=1S/C25H30N2/c1-2-3-4-5-6-7-8-15-20-27-21-26-24(22-16-11-9-12-17-22)25(27)23-18-13-10-14-19-23/h2-3,9-14,16-19,21H,4-8,15,20H2,1H3. The second-order valence-electron chi connectivity index (χ2n) is 6.99. The molecule has 0 saturated carbocycles. The molecule has 2 nitrogen and oxygen atoms in total. The van der Waals surface area contributed by atoms with Crippen molar-refractivity contribution in [3.63, 3.8) is 0 Å². The van der Waals surface area contributed by atoms with E-state index in [0.29, 0.717) is 0 Å². The zero-order valence-electron chi connectivity index (χ0n) is 16.3. The Morgan fingerprint density at radius 1 is 0.778 bits per heavy atom. The van der Waals surface area contributed by atoms with Crippen LogP contribution in [0.5, 0.6) is 0 Å². The van der Waals surface area contributed by atoms with Gasteiger partial charge in [0.15, 0.2) is 0 Å². The maximum absolute atomic E-state index is 4.77. The molecule has 0 aliphatic carbocycles. The summed E-state index contributed by atoms with van der Waals surface area (Å²) in [7, 11) is 0. The van der Waals surface area contributed by atoms with Crippen LogP contribution >= 0.6 is 0 Å². The molecule has 0 unspecified atom stereocenters. The predicted octanol–water partition coefficient (Wildman–Crippen LogP) is 7.13. The number of unbranched alkanes of at least 4 members (excludes halogenated alkanes) is 5. The van der Waals surface area contributed by atoms with Gasteiger partial charge >= 0.3 is 0 Å². The Hall–Kier alpha value is -2.61. The quantitative estimate of drug-likeness (QED) is 0.278. The summed E-state index contributed by atoms with van der Waals surface area (Å²) in [6, 6.07) is 21.1. The minimum atomic E-state index is 1.03. The molecule has 0 N–H and O–H groups in total. The average molecular weight is 359 g/mol. The number of nitrogens with zero attached hydrogens (tertiary/aromatic N) is 2. The molecule has 140 valence electrons. The van der Waals surface area contributed by atoms with Gasteiger partial charge in [0, 0.05) is 17.7 Å². The van der Waals surface area contributed by atoms with E-state index in [4.69, 9.17) is 4.98 Å². The number of imidazole rings is 1. The smallest absolute Gasteiger partial charge is 0.0963 e. The lowest BCUT2D eigenvalue weighted by Gasteiger charge is -2.11. The summed E-state index contributed by atoms with van der Waals surface area (Å²) in [4.78, 5) is 4.77. The van der Waals surface area contributed by atoms with Gasteiger partial charge in [0.25, 0.3) is 0 Å². The van der Waals surface area contributed by atoms with Crippen LogP contribution in [0.25, 0.3) is 22.5 Å². The Balaban J connectivity index is 1.68. The summed E-state index contributed by atoms with van der Waals surface area (Å²) in [5, 5.41) is 0. The molecule has 0 atom stereocenters. The molecule has 0 fully saturated rings. The van der Waals surface area contributed by atoms with E-state index in [9.17, 15) is 0 Å². The number of hydrogen-bond acceptors (Lipinski definition) is 1. The van der Waals surface area contributed by atoms with Crippen LogP contribution in [-0.2, 0) is 6.54 Å². The van der Waals surface area contributed by atoms with Crippen molar-refractivity contribution < 1.29 is 0 Å². The molecule has 0 bridgehead atoms. The lowest BCUT2D eigenvalue weighted by molar-refractivity contribution is 0.564. The van der Waals surface area contributed by atoms with Crippen molar-refractivity contribution in [2.45, 2.75) is 52.0 Å². The number of rotatable bonds is 10. The van der Waals surface area contributed by atoms with Crippen molar-refractivity contribution in [2.75, 3.05) is 0 Å². The minimum absolute atomic E-state index is 1.03. The van der Waals surface area contributed by atoms with E-state index < -0.39 is 0 Å². The largest absolute Gasteiger partial charge is 0.330 e. The highest BCUT2D eigenvalue weighted by atomic mass is 15.1. The highest BCUT2D eigenvalue weighted by Gasteiger charge is 2.14. The van der Waals surface area contributed by atoms with Crippen molar-refractivity contribution in [3.8, 4) is 22.5 Å². The van der Waals surface area contributed by atoms with Crippen molar-refractivity contribution in [3.05, 3.63) is 79.1 Å². The molecule has 3 aromatic rings. The Kier molecular flexibility index (Phi) is 7.46. The highest BCUT2D eigenvalue weighted by Crippen LogP contribution is 2.31. The summed E-state index contributed by atoms with van der Waals surface area (Å²) in [6.07, 6.45) is 14.1. The van der Waals surface area contributed by atoms with Crippen molar-refractivity contribution in [2.24, 2.45) is 0 Å². The van der Waals surface area contributed by atoms with Gasteiger partial charge < -0.3 is 4.57 Å². The third-order valence-electron chi connectivity index (χ3n) is 4.94. The molecule has 27 heavy (non-hydrogen) atoms. The fourth-order valence-electron chi connectivity index (χ4n) is 3.50. The number of aryl methyl sites for hydroxylation is 1. The fraction of sp³-hybridized carbons (Fsp3) is 0.320. The SMILES string of the molecule is CC=CCCCCCCCn1cnc(-c2ccccc2)c1-c1ccccc1. The molecule has 1 aromatic heterocycles. The third-order valence-corrected chi connectivity index (χ3v) is 4.94. The topological polar surface area (TPSA) is 17.8 Å². The first-order valence-electron chi connectivity index (χ1n) is 10.2. The molecule has 1 heterocycles. The fourth-order valence-corrected chi connectivity index (χ4v) is 3.50. The summed E-state index contributed by atoms with van der Waals surface area (Å²) < 4.78 is 2.33. The van der Waals surface area contributed by atoms with E-state index in [1.54, 1.807) is 0 Å². The second-order valence-corrected chi connectivity index (χ2v) is 6.99. The molecular weight excluding hydrogens is 328 g/mol. The minimum Gasteiger partial charge on any atom is -0.330 e. The molecule has 0 spiro atoms. The van der Waals surface area contributed by atoms with Crippen LogP contribution in [0, 0.1) is 0 Å². The molecule has 0 aliphatic heterocycles. The molecule has 0 radical (unpaired) electrons. The Morgan fingerprint density at radius 2 is 1.41 bits per heavy atom. The molecule has 0 saturated heterocycles. The van der Waals surface area contributed by atoms with Crippen LogP contribution in [0.2, 0.25) is 0 Å². The van der Waals surface area contributed by atoms with Gasteiger partial charge in [-0.2, -0.15) is 0 Å². The Bertz CT molecular complexity index is 816. The monoisotopic (exact) mass is 358 g/mol. The average Bonchev–Trinajstić information content (AvgIpc) is 3.15. The molecular formula is C25H30N2. The van der Waals surface area contributed by atoms with E-state index in [1.807, 2.05) is 6.33 Å². The maximum atomic E-state index is 4.77. The van der Waals surface area contributed by atoms with Crippen molar-refractivity contribution in [1.29, 1.82) is 0 Å². The van der Waals surface area contributed by atoms with Gasteiger partial charge in [-0.15, -0.1) is 0 Å². The van der Waals surface area contributed by atoms with Gasteiger partial charge in [-0.1, -0.05) is 92.1 Å². The summed E-state index contributed by atoms with van der Waals surface area (Å²) in [5.74, 6) is 0. The summed E-state index contributed by atoms with van der Waals surface area (Å²) in [5.41, 5.74) is 4.72. The van der Waals surface area contributed by atoms with E-state index in [0.717, 1.165) is 12.2 Å². The van der Waals surface area contributed by atoms with Crippen molar-refractivity contribution >= 4 is 0 Å². The Labute approximate surface area is 163 Å². The summed E-state index contributed by atoms with van der Waals surface area (Å²) >= 11 is 0. The first-order valence-corrected chi connectivity index (χ1v) is 10.2. The molecule has 2 heteroatoms. The van der Waals surface area contributed by atoms with Gasteiger partial charge in [-0.25, -0.2) is 4.98 Å². The number of aromatic nitrogens is 2. The predicted molar refractivity (Wildman–Crippen MR) is 116 cm³/mol. The van der Waals surface area contributed by atoms with Crippen LogP contribution in [0.15, 0.2) is 79.1 Å². The molecule has 3 rings (SSSR count). The number of allylic oxidation sites excluding steroid dienone is 2. The maximum Gasteiger partial charge on any atom is 0.0963 e. The van der Waals surface area contributed by atoms with Gasteiger partial charge in [0.2, 0.25) is 0 Å². The van der Waals surface area contributed by atoms with Crippen LogP contribution in [-0.4, -0.2) is 9.55 Å². The zero-order chi connectivity index (χ0) is 18.7. The van der Waals surface area contributed by atoms with E-state index in [-0.39, 0.29) is 0 Å². The van der Waals surface area contributed by atoms with E-state index in [1.165, 1.54) is 55.3 Å². The van der Waals surface area contributed by atoms with Gasteiger partial charge in [-0.05, 0) is 26.2 Å². The molecule has 2 aromatic carbocycles. The first-order chi connectivity index (χ1) is 13.4.